The molecule has 19 heavy (non-hydrogen) atoms. The molecule has 0 saturated heterocycles. The number of halogens is 1. The minimum absolute atomic E-state index is 0.232. The first-order valence-corrected chi connectivity index (χ1v) is 6.42. The number of carbonyl (C=O) groups excluding carboxylic acids is 1. The fourth-order valence-corrected chi connectivity index (χ4v) is 2.46. The lowest BCUT2D eigenvalue weighted by Crippen LogP contribution is -1.97. The lowest BCUT2D eigenvalue weighted by atomic mass is 10.2. The van der Waals surface area contributed by atoms with Crippen molar-refractivity contribution in [3.63, 3.8) is 0 Å². The summed E-state index contributed by atoms with van der Waals surface area (Å²) in [6.45, 7) is 0.232. The van der Waals surface area contributed by atoms with E-state index >= 15 is 0 Å². The third-order valence-corrected chi connectivity index (χ3v) is 3.33. The molecule has 6 heteroatoms. The smallest absolute Gasteiger partial charge is 0.193 e. The van der Waals surface area contributed by atoms with Gasteiger partial charge in [-0.15, -0.1) is 11.3 Å². The number of aldehydes is 1. The molecule has 0 aliphatic carbocycles. The maximum Gasteiger partial charge on any atom is 0.193 e. The third kappa shape index (κ3) is 2.48. The molecule has 3 aromatic rings. The van der Waals surface area contributed by atoms with Crippen LogP contribution >= 0.6 is 11.3 Å². The van der Waals surface area contributed by atoms with Gasteiger partial charge in [0.25, 0.3) is 0 Å². The molecule has 4 nitrogen and oxygen atoms in total. The van der Waals surface area contributed by atoms with Gasteiger partial charge in [-0.25, -0.2) is 9.37 Å². The summed E-state index contributed by atoms with van der Waals surface area (Å²) in [5.74, 6) is -0.177. The van der Waals surface area contributed by atoms with Crippen LogP contribution in [0.2, 0.25) is 0 Å². The van der Waals surface area contributed by atoms with E-state index in [1.807, 2.05) is 22.2 Å². The van der Waals surface area contributed by atoms with Crippen molar-refractivity contribution in [1.82, 2.24) is 9.38 Å². The summed E-state index contributed by atoms with van der Waals surface area (Å²) < 4.78 is 20.5. The van der Waals surface area contributed by atoms with E-state index in [-0.39, 0.29) is 12.2 Å². The Labute approximate surface area is 112 Å². The Kier molecular flexibility index (Phi) is 3.00. The lowest BCUT2D eigenvalue weighted by Gasteiger charge is -2.04. The molecule has 96 valence electrons. The topological polar surface area (TPSA) is 43.6 Å². The predicted molar refractivity (Wildman–Crippen MR) is 69.2 cm³/mol. The normalized spacial score (nSPS) is 10.8. The van der Waals surface area contributed by atoms with Gasteiger partial charge >= 0.3 is 0 Å². The fourth-order valence-electron chi connectivity index (χ4n) is 1.74. The first-order valence-electron chi connectivity index (χ1n) is 5.54. The molecule has 0 amide bonds. The van der Waals surface area contributed by atoms with Crippen molar-refractivity contribution in [3.8, 4) is 5.75 Å². The van der Waals surface area contributed by atoms with E-state index < -0.39 is 5.82 Å². The zero-order valence-corrected chi connectivity index (χ0v) is 10.6. The van der Waals surface area contributed by atoms with E-state index in [1.54, 1.807) is 0 Å². The highest BCUT2D eigenvalue weighted by molar-refractivity contribution is 7.15. The second kappa shape index (κ2) is 4.81. The molecule has 0 unspecified atom stereocenters. The van der Waals surface area contributed by atoms with E-state index in [4.69, 9.17) is 4.74 Å². The molecule has 0 radical (unpaired) electrons. The highest BCUT2D eigenvalue weighted by Crippen LogP contribution is 2.18. The Bertz CT molecular complexity index is 707. The molecule has 0 fully saturated rings. The Hall–Kier alpha value is -2.21. The van der Waals surface area contributed by atoms with Crippen molar-refractivity contribution in [1.29, 1.82) is 0 Å². The van der Waals surface area contributed by atoms with Crippen LogP contribution in [0.5, 0.6) is 5.75 Å². The molecule has 0 spiro atoms. The Morgan fingerprint density at radius 1 is 1.42 bits per heavy atom. The summed E-state index contributed by atoms with van der Waals surface area (Å²) in [5, 5.41) is 1.94. The van der Waals surface area contributed by atoms with Gasteiger partial charge in [0.2, 0.25) is 0 Å². The number of thiazole rings is 1. The Morgan fingerprint density at radius 2 is 2.32 bits per heavy atom. The molecular weight excluding hydrogens is 267 g/mol. The van der Waals surface area contributed by atoms with Gasteiger partial charge in [0.15, 0.2) is 4.96 Å². The number of aromatic nitrogens is 2. The van der Waals surface area contributed by atoms with Gasteiger partial charge in [-0.3, -0.25) is 9.20 Å². The molecule has 2 aromatic heterocycles. The van der Waals surface area contributed by atoms with Crippen molar-refractivity contribution in [2.45, 2.75) is 6.61 Å². The van der Waals surface area contributed by atoms with Crippen LogP contribution in [-0.4, -0.2) is 15.7 Å². The Morgan fingerprint density at radius 3 is 3.11 bits per heavy atom. The van der Waals surface area contributed by atoms with Crippen LogP contribution in [0.15, 0.2) is 36.0 Å². The first-order chi connectivity index (χ1) is 9.24. The lowest BCUT2D eigenvalue weighted by molar-refractivity contribution is 0.112. The summed E-state index contributed by atoms with van der Waals surface area (Å²) >= 11 is 1.53. The van der Waals surface area contributed by atoms with Gasteiger partial charge in [0.05, 0.1) is 5.69 Å². The van der Waals surface area contributed by atoms with Crippen LogP contribution in [0.25, 0.3) is 4.96 Å². The van der Waals surface area contributed by atoms with Crippen molar-refractivity contribution in [3.05, 3.63) is 53.0 Å². The second-order valence-electron chi connectivity index (χ2n) is 3.95. The molecule has 0 aliphatic heterocycles. The highest BCUT2D eigenvalue weighted by atomic mass is 32.1. The summed E-state index contributed by atoms with van der Waals surface area (Å²) in [6, 6.07) is 3.90. The minimum atomic E-state index is -0.495. The average molecular weight is 276 g/mol. The van der Waals surface area contributed by atoms with Gasteiger partial charge in [-0.1, -0.05) is 0 Å². The van der Waals surface area contributed by atoms with Crippen molar-refractivity contribution >= 4 is 22.6 Å². The van der Waals surface area contributed by atoms with Gasteiger partial charge in [0.1, 0.15) is 24.5 Å². The van der Waals surface area contributed by atoms with E-state index in [9.17, 15) is 9.18 Å². The maximum absolute atomic E-state index is 13.2. The standard InChI is InChI=1S/C13H9FN2O2S/c14-10-3-9(7-17)4-12(5-10)18-8-11-6-16-1-2-19-13(16)15-11/h1-7H,8H2. The highest BCUT2D eigenvalue weighted by Gasteiger charge is 2.05. The number of nitrogens with zero attached hydrogens (tertiary/aromatic N) is 2. The number of carbonyl (C=O) groups is 1. The molecule has 0 aliphatic rings. The quantitative estimate of drug-likeness (QED) is 0.688. The average Bonchev–Trinajstić information content (AvgIpc) is 2.96. The van der Waals surface area contributed by atoms with Gasteiger partial charge in [-0.2, -0.15) is 0 Å². The van der Waals surface area contributed by atoms with Gasteiger partial charge in [-0.05, 0) is 12.1 Å². The molecule has 0 saturated carbocycles. The number of fused-ring (bicyclic) bond motifs is 1. The summed E-state index contributed by atoms with van der Waals surface area (Å²) in [7, 11) is 0. The summed E-state index contributed by atoms with van der Waals surface area (Å²) in [5.41, 5.74) is 1.00. The summed E-state index contributed by atoms with van der Waals surface area (Å²) in [4.78, 5) is 15.9. The molecule has 2 heterocycles. The fraction of sp³-hybridized carbons (Fsp3) is 0.0769. The zero-order valence-electron chi connectivity index (χ0n) is 9.75. The number of rotatable bonds is 4. The zero-order chi connectivity index (χ0) is 13.2. The maximum atomic E-state index is 13.2. The van der Waals surface area contributed by atoms with E-state index in [1.165, 1.54) is 23.5 Å². The number of imidazole rings is 1. The van der Waals surface area contributed by atoms with Crippen molar-refractivity contribution in [2.75, 3.05) is 0 Å². The SMILES string of the molecule is O=Cc1cc(F)cc(OCc2cn3ccsc3n2)c1. The van der Waals surface area contributed by atoms with Gasteiger partial charge < -0.3 is 4.74 Å². The molecule has 0 atom stereocenters. The van der Waals surface area contributed by atoms with Crippen LogP contribution in [-0.2, 0) is 6.61 Å². The van der Waals surface area contributed by atoms with Crippen LogP contribution in [0.3, 0.4) is 0 Å². The Balaban J connectivity index is 1.76. The molecule has 3 rings (SSSR count). The number of hydrogen-bond acceptors (Lipinski definition) is 4. The van der Waals surface area contributed by atoms with E-state index in [0.717, 1.165) is 16.7 Å². The monoisotopic (exact) mass is 276 g/mol. The molecule has 0 bridgehead atoms. The second-order valence-corrected chi connectivity index (χ2v) is 4.82. The van der Waals surface area contributed by atoms with Crippen LogP contribution in [0.4, 0.5) is 4.39 Å². The van der Waals surface area contributed by atoms with Crippen LogP contribution in [0, 0.1) is 5.82 Å². The number of benzene rings is 1. The molecular formula is C13H9FN2O2S. The third-order valence-electron chi connectivity index (χ3n) is 2.56. The number of ether oxygens (including phenoxy) is 1. The van der Waals surface area contributed by atoms with E-state index in [2.05, 4.69) is 4.98 Å². The summed E-state index contributed by atoms with van der Waals surface area (Å²) in [6.07, 6.45) is 4.34. The molecule has 1 aromatic carbocycles. The first kappa shape index (κ1) is 11.9. The minimum Gasteiger partial charge on any atom is -0.487 e. The number of hydrogen-bond donors (Lipinski definition) is 0. The molecule has 0 N–H and O–H groups in total. The van der Waals surface area contributed by atoms with E-state index in [0.29, 0.717) is 12.0 Å². The predicted octanol–water partition coefficient (Wildman–Crippen LogP) is 2.93. The van der Waals surface area contributed by atoms with Crippen molar-refractivity contribution in [2.24, 2.45) is 0 Å². The van der Waals surface area contributed by atoms with Crippen LogP contribution < -0.4 is 4.74 Å². The van der Waals surface area contributed by atoms with Gasteiger partial charge in [0, 0.05) is 29.4 Å². The van der Waals surface area contributed by atoms with Crippen LogP contribution in [0.1, 0.15) is 16.1 Å². The van der Waals surface area contributed by atoms with Crippen molar-refractivity contribution < 1.29 is 13.9 Å². The largest absolute Gasteiger partial charge is 0.487 e.